The van der Waals surface area contributed by atoms with Crippen molar-refractivity contribution in [1.29, 1.82) is 0 Å². The van der Waals surface area contributed by atoms with Gasteiger partial charge in [0.2, 0.25) is 5.88 Å². The number of nitrogens with zero attached hydrogens (tertiary/aromatic N) is 1. The van der Waals surface area contributed by atoms with Crippen molar-refractivity contribution in [1.82, 2.24) is 4.72 Å². The van der Waals surface area contributed by atoms with E-state index in [1.807, 2.05) is 35.1 Å². The Hall–Kier alpha value is -3.39. The van der Waals surface area contributed by atoms with Crippen LogP contribution in [0.3, 0.4) is 0 Å². The number of anilines is 1. The molecular formula is C19H16N2O5S. The molecule has 138 valence electrons. The maximum atomic E-state index is 12.2. The topological polar surface area (TPSA) is 92.0 Å². The molecule has 0 aliphatic carbocycles. The number of ether oxygens (including phenoxy) is 1. The molecule has 0 bridgehead atoms. The molecule has 27 heavy (non-hydrogen) atoms. The molecule has 0 unspecified atom stereocenters. The smallest absolute Gasteiger partial charge is 0.330 e. The predicted molar refractivity (Wildman–Crippen MR) is 100 cm³/mol. The van der Waals surface area contributed by atoms with Crippen molar-refractivity contribution in [3.63, 3.8) is 0 Å². The Balaban J connectivity index is 1.73. The van der Waals surface area contributed by atoms with Crippen LogP contribution < -0.4 is 13.8 Å². The second-order valence-corrected chi connectivity index (χ2v) is 7.43. The monoisotopic (exact) mass is 384 g/mol. The molecule has 7 nitrogen and oxygen atoms in total. The second kappa shape index (κ2) is 6.73. The lowest BCUT2D eigenvalue weighted by Gasteiger charge is -2.19. The molecule has 3 aromatic rings. The quantitative estimate of drug-likeness (QED) is 0.702. The van der Waals surface area contributed by atoms with Gasteiger partial charge in [0.1, 0.15) is 18.0 Å². The molecule has 2 aromatic carbocycles. The van der Waals surface area contributed by atoms with Crippen LogP contribution in [0.15, 0.2) is 83.6 Å². The van der Waals surface area contributed by atoms with E-state index in [1.165, 1.54) is 0 Å². The van der Waals surface area contributed by atoms with Crippen LogP contribution in [0.25, 0.3) is 11.1 Å². The normalized spacial score (nSPS) is 15.3. The number of hydrogen-bond donors (Lipinski definition) is 2. The summed E-state index contributed by atoms with van der Waals surface area (Å²) in [7, 11) is -3.92. The summed E-state index contributed by atoms with van der Waals surface area (Å²) in [6.45, 7) is 0.264. The zero-order valence-corrected chi connectivity index (χ0v) is 14.9. The van der Waals surface area contributed by atoms with Gasteiger partial charge in [0.25, 0.3) is 0 Å². The standard InChI is InChI=1S/C19H16N2O5S/c22-19-11-21(27(23,24)20-19)17-7-6-15(16-8-9-25-13-16)10-18(17)26-12-14-4-2-1-3-5-14/h1-11,13,20,22H,12H2. The van der Waals surface area contributed by atoms with Gasteiger partial charge in [-0.25, -0.2) is 9.03 Å². The summed E-state index contributed by atoms with van der Waals surface area (Å²) in [4.78, 5) is 0. The summed E-state index contributed by atoms with van der Waals surface area (Å²) in [5.41, 5.74) is 2.88. The number of aliphatic hydroxyl groups is 1. The van der Waals surface area contributed by atoms with Gasteiger partial charge in [-0.1, -0.05) is 36.4 Å². The SMILES string of the molecule is O=S1(=O)NC(O)=CN1c1ccc(-c2ccoc2)cc1OCc1ccccc1. The summed E-state index contributed by atoms with van der Waals surface area (Å²) in [5, 5.41) is 9.58. The van der Waals surface area contributed by atoms with E-state index in [9.17, 15) is 13.5 Å². The first-order valence-corrected chi connectivity index (χ1v) is 9.53. The molecule has 8 heteroatoms. The summed E-state index contributed by atoms with van der Waals surface area (Å²) < 4.78 is 38.5. The van der Waals surface area contributed by atoms with Crippen molar-refractivity contribution in [3.8, 4) is 16.9 Å². The maximum Gasteiger partial charge on any atom is 0.330 e. The van der Waals surface area contributed by atoms with Gasteiger partial charge in [-0.05, 0) is 29.3 Å². The largest absolute Gasteiger partial charge is 0.493 e. The average Bonchev–Trinajstić information content (AvgIpc) is 3.28. The Morgan fingerprint density at radius 3 is 2.56 bits per heavy atom. The van der Waals surface area contributed by atoms with Gasteiger partial charge in [-0.2, -0.15) is 8.42 Å². The molecule has 4 rings (SSSR count). The second-order valence-electron chi connectivity index (χ2n) is 5.89. The predicted octanol–water partition coefficient (Wildman–Crippen LogP) is 3.54. The molecule has 2 heterocycles. The van der Waals surface area contributed by atoms with Crippen LogP contribution in [0, 0.1) is 0 Å². The number of rotatable bonds is 5. The molecule has 0 fully saturated rings. The first-order valence-electron chi connectivity index (χ1n) is 8.09. The highest BCUT2D eigenvalue weighted by atomic mass is 32.2. The van der Waals surface area contributed by atoms with Gasteiger partial charge in [-0.3, -0.25) is 0 Å². The number of hydrogen-bond acceptors (Lipinski definition) is 5. The Kier molecular flexibility index (Phi) is 4.25. The number of aliphatic hydroxyl groups excluding tert-OH is 1. The minimum absolute atomic E-state index is 0.264. The first-order chi connectivity index (χ1) is 13.0. The Morgan fingerprint density at radius 1 is 1.07 bits per heavy atom. The van der Waals surface area contributed by atoms with Crippen molar-refractivity contribution in [2.24, 2.45) is 0 Å². The summed E-state index contributed by atoms with van der Waals surface area (Å²) >= 11 is 0. The lowest BCUT2D eigenvalue weighted by Crippen LogP contribution is -2.29. The fraction of sp³-hybridized carbons (Fsp3) is 0.0526. The zero-order valence-electron chi connectivity index (χ0n) is 14.1. The number of nitrogens with one attached hydrogen (secondary N) is 1. The van der Waals surface area contributed by atoms with Crippen molar-refractivity contribution in [2.45, 2.75) is 6.61 Å². The van der Waals surface area contributed by atoms with Gasteiger partial charge in [0.15, 0.2) is 0 Å². The van der Waals surface area contributed by atoms with Crippen LogP contribution in [-0.4, -0.2) is 13.5 Å². The van der Waals surface area contributed by atoms with Gasteiger partial charge in [-0.15, -0.1) is 0 Å². The molecule has 0 spiro atoms. The minimum Gasteiger partial charge on any atom is -0.493 e. The van der Waals surface area contributed by atoms with E-state index in [0.29, 0.717) is 5.75 Å². The van der Waals surface area contributed by atoms with Gasteiger partial charge in [0, 0.05) is 5.56 Å². The lowest BCUT2D eigenvalue weighted by molar-refractivity contribution is 0.307. The molecule has 2 N–H and O–H groups in total. The summed E-state index contributed by atoms with van der Waals surface area (Å²) in [6, 6.07) is 16.5. The number of furan rings is 1. The van der Waals surface area contributed by atoms with Crippen molar-refractivity contribution in [2.75, 3.05) is 4.31 Å². The fourth-order valence-corrected chi connectivity index (χ4v) is 3.81. The highest BCUT2D eigenvalue weighted by Crippen LogP contribution is 2.36. The van der Waals surface area contributed by atoms with Crippen molar-refractivity contribution < 1.29 is 22.7 Å². The van der Waals surface area contributed by atoms with Crippen LogP contribution in [0.2, 0.25) is 0 Å². The number of benzene rings is 2. The van der Waals surface area contributed by atoms with E-state index >= 15 is 0 Å². The van der Waals surface area contributed by atoms with E-state index in [2.05, 4.69) is 0 Å². The van der Waals surface area contributed by atoms with E-state index in [0.717, 1.165) is 27.2 Å². The molecule has 0 radical (unpaired) electrons. The Bertz CT molecular complexity index is 1080. The van der Waals surface area contributed by atoms with Crippen molar-refractivity contribution in [3.05, 3.63) is 84.8 Å². The van der Waals surface area contributed by atoms with E-state index in [-0.39, 0.29) is 12.3 Å². The fourth-order valence-electron chi connectivity index (χ4n) is 2.74. The van der Waals surface area contributed by atoms with Crippen molar-refractivity contribution >= 4 is 15.9 Å². The Labute approximate surface area is 156 Å². The molecule has 1 aliphatic heterocycles. The van der Waals surface area contributed by atoms with E-state index in [4.69, 9.17) is 9.15 Å². The molecule has 0 amide bonds. The lowest BCUT2D eigenvalue weighted by atomic mass is 10.1. The van der Waals surface area contributed by atoms with Gasteiger partial charge < -0.3 is 14.3 Å². The molecule has 1 aliphatic rings. The van der Waals surface area contributed by atoms with Crippen LogP contribution in [-0.2, 0) is 16.8 Å². The van der Waals surface area contributed by atoms with E-state index in [1.54, 1.807) is 36.8 Å². The van der Waals surface area contributed by atoms with Crippen LogP contribution in [0.4, 0.5) is 5.69 Å². The summed E-state index contributed by atoms with van der Waals surface area (Å²) in [6.07, 6.45) is 4.25. The molecule has 0 saturated heterocycles. The highest BCUT2D eigenvalue weighted by molar-refractivity contribution is 7.91. The third-order valence-electron chi connectivity index (χ3n) is 4.02. The third-order valence-corrected chi connectivity index (χ3v) is 5.31. The Morgan fingerprint density at radius 2 is 1.89 bits per heavy atom. The van der Waals surface area contributed by atoms with Gasteiger partial charge >= 0.3 is 10.2 Å². The first kappa shape index (κ1) is 17.0. The molecule has 1 aromatic heterocycles. The highest BCUT2D eigenvalue weighted by Gasteiger charge is 2.31. The molecule has 0 saturated carbocycles. The third kappa shape index (κ3) is 3.47. The van der Waals surface area contributed by atoms with Crippen LogP contribution in [0.1, 0.15) is 5.56 Å². The van der Waals surface area contributed by atoms with Crippen LogP contribution in [0.5, 0.6) is 5.75 Å². The van der Waals surface area contributed by atoms with Crippen LogP contribution >= 0.6 is 0 Å². The van der Waals surface area contributed by atoms with E-state index < -0.39 is 16.1 Å². The van der Waals surface area contributed by atoms with Gasteiger partial charge in [0.05, 0.1) is 18.7 Å². The maximum absolute atomic E-state index is 12.2. The molecular weight excluding hydrogens is 368 g/mol. The minimum atomic E-state index is -3.92. The summed E-state index contributed by atoms with van der Waals surface area (Å²) in [5.74, 6) is -0.100. The zero-order chi connectivity index (χ0) is 18.9. The average molecular weight is 384 g/mol. The molecule has 0 atom stereocenters.